The van der Waals surface area contributed by atoms with Gasteiger partial charge in [-0.3, -0.25) is 4.79 Å². The highest BCUT2D eigenvalue weighted by molar-refractivity contribution is 5.79. The fourth-order valence-electron chi connectivity index (χ4n) is 1.15. The summed E-state index contributed by atoms with van der Waals surface area (Å²) >= 11 is 0. The number of carbonyl (C=O) groups excluding carboxylic acids is 1. The van der Waals surface area contributed by atoms with Crippen LogP contribution in [0.25, 0.3) is 0 Å². The lowest BCUT2D eigenvalue weighted by molar-refractivity contribution is -0.138. The van der Waals surface area contributed by atoms with Crippen molar-refractivity contribution in [1.82, 2.24) is 5.32 Å². The number of alkyl carbamates (subject to hydrolysis) is 1. The highest BCUT2D eigenvalue weighted by Crippen LogP contribution is 2.11. The van der Waals surface area contributed by atoms with E-state index < -0.39 is 18.1 Å². The van der Waals surface area contributed by atoms with Crippen molar-refractivity contribution in [2.75, 3.05) is 7.11 Å². The van der Waals surface area contributed by atoms with Crippen LogP contribution in [0.3, 0.4) is 0 Å². The molecule has 18 heavy (non-hydrogen) atoms. The van der Waals surface area contributed by atoms with Crippen molar-refractivity contribution in [1.29, 1.82) is 0 Å². The zero-order chi connectivity index (χ0) is 13.5. The molecule has 98 valence electrons. The van der Waals surface area contributed by atoms with Crippen molar-refractivity contribution < 1.29 is 24.2 Å². The molecule has 0 bridgehead atoms. The predicted molar refractivity (Wildman–Crippen MR) is 63.4 cm³/mol. The first kappa shape index (κ1) is 13.8. The molecular weight excluding hydrogens is 238 g/mol. The van der Waals surface area contributed by atoms with Crippen LogP contribution < -0.4 is 10.1 Å². The Morgan fingerprint density at radius 2 is 1.94 bits per heavy atom. The van der Waals surface area contributed by atoms with Crippen LogP contribution in [0.15, 0.2) is 24.3 Å². The number of hydrogen-bond donors (Lipinski definition) is 2. The predicted octanol–water partition coefficient (Wildman–Crippen LogP) is 1.39. The lowest BCUT2D eigenvalue weighted by atomic mass is 10.2. The van der Waals surface area contributed by atoms with E-state index in [9.17, 15) is 9.59 Å². The van der Waals surface area contributed by atoms with Crippen molar-refractivity contribution in [3.63, 3.8) is 0 Å². The van der Waals surface area contributed by atoms with E-state index in [1.54, 1.807) is 31.4 Å². The minimum absolute atomic E-state index is 0.0716. The van der Waals surface area contributed by atoms with Gasteiger partial charge < -0.3 is 19.9 Å². The van der Waals surface area contributed by atoms with Crippen LogP contribution in [0, 0.1) is 0 Å². The molecule has 0 saturated heterocycles. The summed E-state index contributed by atoms with van der Waals surface area (Å²) in [5, 5.41) is 10.8. The third-order valence-electron chi connectivity index (χ3n) is 2.23. The number of methoxy groups -OCH3 is 1. The maximum Gasteiger partial charge on any atom is 0.408 e. The highest BCUT2D eigenvalue weighted by Gasteiger charge is 2.14. The molecule has 0 aliphatic carbocycles. The summed E-state index contributed by atoms with van der Waals surface area (Å²) in [6.07, 6.45) is -0.763. The van der Waals surface area contributed by atoms with Crippen LogP contribution in [0.2, 0.25) is 0 Å². The number of benzene rings is 1. The van der Waals surface area contributed by atoms with Crippen LogP contribution in [-0.2, 0) is 16.1 Å². The van der Waals surface area contributed by atoms with E-state index in [-0.39, 0.29) is 6.61 Å². The molecule has 0 spiro atoms. The Hall–Kier alpha value is -2.24. The SMILES string of the molecule is COc1ccc(COC(=O)N[C@H](C)C(=O)O)cc1. The summed E-state index contributed by atoms with van der Waals surface area (Å²) in [6, 6.07) is 6.03. The minimum atomic E-state index is -1.11. The van der Waals surface area contributed by atoms with Crippen molar-refractivity contribution in [2.45, 2.75) is 19.6 Å². The molecule has 6 heteroatoms. The van der Waals surface area contributed by atoms with Gasteiger partial charge in [0.25, 0.3) is 0 Å². The molecule has 0 aromatic heterocycles. The van der Waals surface area contributed by atoms with E-state index in [0.717, 1.165) is 5.56 Å². The fraction of sp³-hybridized carbons (Fsp3) is 0.333. The number of amides is 1. The van der Waals surface area contributed by atoms with Gasteiger partial charge >= 0.3 is 12.1 Å². The smallest absolute Gasteiger partial charge is 0.408 e. The maximum absolute atomic E-state index is 11.2. The topological polar surface area (TPSA) is 84.9 Å². The highest BCUT2D eigenvalue weighted by atomic mass is 16.5. The summed E-state index contributed by atoms with van der Waals surface area (Å²) in [4.78, 5) is 21.7. The number of carbonyl (C=O) groups is 2. The largest absolute Gasteiger partial charge is 0.497 e. The van der Waals surface area contributed by atoms with Crippen LogP contribution in [0.4, 0.5) is 4.79 Å². The van der Waals surface area contributed by atoms with Gasteiger partial charge in [0.1, 0.15) is 18.4 Å². The molecule has 1 amide bonds. The summed E-state index contributed by atoms with van der Waals surface area (Å²) in [5.41, 5.74) is 0.786. The van der Waals surface area contributed by atoms with Gasteiger partial charge in [-0.15, -0.1) is 0 Å². The average molecular weight is 253 g/mol. The number of aliphatic carboxylic acids is 1. The molecule has 0 aliphatic rings. The molecule has 0 fully saturated rings. The molecule has 0 aliphatic heterocycles. The summed E-state index contributed by atoms with van der Waals surface area (Å²) < 4.78 is 9.86. The normalized spacial score (nSPS) is 11.4. The van der Waals surface area contributed by atoms with Crippen molar-refractivity contribution in [3.05, 3.63) is 29.8 Å². The second kappa shape index (κ2) is 6.48. The van der Waals surface area contributed by atoms with E-state index in [1.165, 1.54) is 6.92 Å². The van der Waals surface area contributed by atoms with E-state index >= 15 is 0 Å². The van der Waals surface area contributed by atoms with Crippen molar-refractivity contribution >= 4 is 12.1 Å². The van der Waals surface area contributed by atoms with Crippen LogP contribution in [0.5, 0.6) is 5.75 Å². The molecule has 0 radical (unpaired) electrons. The second-order valence-electron chi connectivity index (χ2n) is 3.63. The van der Waals surface area contributed by atoms with Gasteiger partial charge in [0.05, 0.1) is 7.11 Å². The van der Waals surface area contributed by atoms with E-state index in [1.807, 2.05) is 0 Å². The number of hydrogen-bond acceptors (Lipinski definition) is 4. The molecule has 1 aromatic carbocycles. The molecule has 0 heterocycles. The Kier molecular flexibility index (Phi) is 4.98. The zero-order valence-electron chi connectivity index (χ0n) is 10.2. The lowest BCUT2D eigenvalue weighted by Gasteiger charge is -2.10. The number of rotatable bonds is 5. The second-order valence-corrected chi connectivity index (χ2v) is 3.63. The monoisotopic (exact) mass is 253 g/mol. The van der Waals surface area contributed by atoms with Gasteiger partial charge in [-0.25, -0.2) is 4.79 Å². The first-order valence-corrected chi connectivity index (χ1v) is 5.32. The van der Waals surface area contributed by atoms with Crippen LogP contribution in [-0.4, -0.2) is 30.3 Å². The molecule has 1 atom stereocenters. The molecule has 1 aromatic rings. The Morgan fingerprint density at radius 1 is 1.33 bits per heavy atom. The minimum Gasteiger partial charge on any atom is -0.497 e. The van der Waals surface area contributed by atoms with E-state index in [0.29, 0.717) is 5.75 Å². The molecule has 2 N–H and O–H groups in total. The quantitative estimate of drug-likeness (QED) is 0.828. The van der Waals surface area contributed by atoms with Crippen LogP contribution >= 0.6 is 0 Å². The van der Waals surface area contributed by atoms with Gasteiger partial charge in [-0.2, -0.15) is 0 Å². The first-order chi connectivity index (χ1) is 8.52. The Balaban J connectivity index is 2.40. The molecule has 0 saturated carbocycles. The molecule has 0 unspecified atom stereocenters. The summed E-state index contributed by atoms with van der Waals surface area (Å²) in [5.74, 6) is -0.404. The van der Waals surface area contributed by atoms with Crippen LogP contribution in [0.1, 0.15) is 12.5 Å². The van der Waals surface area contributed by atoms with Gasteiger partial charge in [0.2, 0.25) is 0 Å². The Morgan fingerprint density at radius 3 is 2.44 bits per heavy atom. The summed E-state index contributed by atoms with van der Waals surface area (Å²) in [6.45, 7) is 1.43. The molecule has 1 rings (SSSR count). The molecular formula is C12H15NO5. The Bertz CT molecular complexity index is 415. The molecule has 6 nitrogen and oxygen atoms in total. The number of carboxylic acid groups (broad SMARTS) is 1. The lowest BCUT2D eigenvalue weighted by Crippen LogP contribution is -2.38. The van der Waals surface area contributed by atoms with Gasteiger partial charge in [-0.1, -0.05) is 12.1 Å². The van der Waals surface area contributed by atoms with E-state index in [4.69, 9.17) is 14.6 Å². The Labute approximate surface area is 105 Å². The number of ether oxygens (including phenoxy) is 2. The standard InChI is InChI=1S/C12H15NO5/c1-8(11(14)15)13-12(16)18-7-9-3-5-10(17-2)6-4-9/h3-6,8H,7H2,1-2H3,(H,13,16)(H,14,15)/t8-/m1/s1. The fourth-order valence-corrected chi connectivity index (χ4v) is 1.15. The van der Waals surface area contributed by atoms with Gasteiger partial charge in [0, 0.05) is 0 Å². The zero-order valence-corrected chi connectivity index (χ0v) is 10.2. The maximum atomic E-state index is 11.2. The number of nitrogens with one attached hydrogen (secondary N) is 1. The van der Waals surface area contributed by atoms with Crippen molar-refractivity contribution in [3.8, 4) is 5.75 Å². The average Bonchev–Trinajstić information content (AvgIpc) is 2.36. The first-order valence-electron chi connectivity index (χ1n) is 5.32. The third kappa shape index (κ3) is 4.32. The van der Waals surface area contributed by atoms with Gasteiger partial charge in [0.15, 0.2) is 0 Å². The third-order valence-corrected chi connectivity index (χ3v) is 2.23. The van der Waals surface area contributed by atoms with E-state index in [2.05, 4.69) is 5.32 Å². The number of carboxylic acids is 1. The van der Waals surface area contributed by atoms with Crippen molar-refractivity contribution in [2.24, 2.45) is 0 Å². The summed E-state index contributed by atoms with van der Waals surface area (Å²) in [7, 11) is 1.56. The van der Waals surface area contributed by atoms with Gasteiger partial charge in [-0.05, 0) is 24.6 Å².